The molecule has 0 N–H and O–H groups in total. The number of benzene rings is 2. The van der Waals surface area contributed by atoms with E-state index in [1.165, 1.54) is 13.2 Å². The molecule has 3 aromatic rings. The number of carbonyl (C=O) groups excluding carboxylic acids is 2. The maximum atomic E-state index is 12.3. The van der Waals surface area contributed by atoms with Crippen LogP contribution in [0.25, 0.3) is 11.0 Å². The second kappa shape index (κ2) is 7.90. The van der Waals surface area contributed by atoms with Crippen LogP contribution in [-0.4, -0.2) is 32.4 Å². The van der Waals surface area contributed by atoms with Crippen LogP contribution in [0.1, 0.15) is 33.2 Å². The van der Waals surface area contributed by atoms with Gasteiger partial charge in [0, 0.05) is 11.1 Å². The predicted octanol–water partition coefficient (Wildman–Crippen LogP) is 3.11. The Labute approximate surface area is 171 Å². The molecule has 1 aliphatic heterocycles. The number of hydrogen-bond donors (Lipinski definition) is 0. The van der Waals surface area contributed by atoms with E-state index in [0.29, 0.717) is 47.7 Å². The van der Waals surface area contributed by atoms with Crippen molar-refractivity contribution in [2.45, 2.75) is 13.5 Å². The zero-order chi connectivity index (χ0) is 21.3. The van der Waals surface area contributed by atoms with Crippen LogP contribution < -0.4 is 15.3 Å². The highest BCUT2D eigenvalue weighted by atomic mass is 16.5. The molecule has 0 atom stereocenters. The summed E-state index contributed by atoms with van der Waals surface area (Å²) in [5, 5.41) is 0.594. The topological polar surface area (TPSA) is 95.3 Å². The van der Waals surface area contributed by atoms with E-state index in [0.717, 1.165) is 5.69 Å². The Kier molecular flexibility index (Phi) is 5.14. The summed E-state index contributed by atoms with van der Waals surface area (Å²) in [7, 11) is 1.21. The van der Waals surface area contributed by atoms with Gasteiger partial charge in [-0.25, -0.2) is 14.4 Å². The maximum absolute atomic E-state index is 12.3. The van der Waals surface area contributed by atoms with Crippen LogP contribution in [0.4, 0.5) is 5.69 Å². The first-order chi connectivity index (χ1) is 14.5. The van der Waals surface area contributed by atoms with Gasteiger partial charge in [0.1, 0.15) is 16.9 Å². The van der Waals surface area contributed by atoms with E-state index in [1.54, 1.807) is 43.3 Å². The molecule has 1 aliphatic rings. The van der Waals surface area contributed by atoms with Gasteiger partial charge in [-0.1, -0.05) is 0 Å². The molecule has 1 aromatic heterocycles. The number of methoxy groups -OCH3 is 1. The van der Waals surface area contributed by atoms with Crippen molar-refractivity contribution in [3.8, 4) is 5.75 Å². The van der Waals surface area contributed by atoms with Gasteiger partial charge in [-0.05, 0) is 49.4 Å². The third-order valence-corrected chi connectivity index (χ3v) is 4.84. The average molecular weight is 409 g/mol. The van der Waals surface area contributed by atoms with Crippen molar-refractivity contribution in [3.63, 3.8) is 0 Å². The molecule has 2 heterocycles. The van der Waals surface area contributed by atoms with Gasteiger partial charge in [0.2, 0.25) is 0 Å². The lowest BCUT2D eigenvalue weighted by Gasteiger charge is -2.31. The van der Waals surface area contributed by atoms with Crippen molar-refractivity contribution in [1.82, 2.24) is 0 Å². The fraction of sp³-hybridized carbons (Fsp3) is 0.227. The fourth-order valence-corrected chi connectivity index (χ4v) is 3.33. The number of ether oxygens (including phenoxy) is 3. The normalized spacial score (nSPS) is 12.8. The van der Waals surface area contributed by atoms with Crippen LogP contribution in [0.3, 0.4) is 0 Å². The van der Waals surface area contributed by atoms with Crippen molar-refractivity contribution in [2.24, 2.45) is 0 Å². The van der Waals surface area contributed by atoms with Gasteiger partial charge < -0.3 is 23.5 Å². The first kappa shape index (κ1) is 19.5. The molecule has 8 nitrogen and oxygen atoms in total. The zero-order valence-electron chi connectivity index (χ0n) is 16.5. The Bertz CT molecular complexity index is 1180. The van der Waals surface area contributed by atoms with Crippen molar-refractivity contribution in [1.29, 1.82) is 0 Å². The summed E-state index contributed by atoms with van der Waals surface area (Å²) in [5.41, 5.74) is 1.43. The summed E-state index contributed by atoms with van der Waals surface area (Å²) in [6, 6.07) is 11.9. The lowest BCUT2D eigenvalue weighted by molar-refractivity contribution is 0.0525. The average Bonchev–Trinajstić information content (AvgIpc) is 2.78. The molecule has 0 saturated carbocycles. The number of nitrogens with zero attached hydrogens (tertiary/aromatic N) is 1. The van der Waals surface area contributed by atoms with E-state index in [9.17, 15) is 14.4 Å². The Morgan fingerprint density at radius 3 is 2.57 bits per heavy atom. The quantitative estimate of drug-likeness (QED) is 0.479. The van der Waals surface area contributed by atoms with Crippen LogP contribution in [0.2, 0.25) is 0 Å². The molecule has 8 heteroatoms. The molecule has 0 unspecified atom stereocenters. The van der Waals surface area contributed by atoms with Gasteiger partial charge in [-0.3, -0.25) is 0 Å². The molecule has 4 rings (SSSR count). The molecule has 0 spiro atoms. The maximum Gasteiger partial charge on any atom is 0.351 e. The number of rotatable bonds is 4. The molecule has 154 valence electrons. The molecule has 0 bridgehead atoms. The molecule has 2 aromatic carbocycles. The number of hydrogen-bond acceptors (Lipinski definition) is 8. The summed E-state index contributed by atoms with van der Waals surface area (Å²) >= 11 is 0. The van der Waals surface area contributed by atoms with Crippen molar-refractivity contribution >= 4 is 28.6 Å². The lowest BCUT2D eigenvalue weighted by atomic mass is 10.1. The van der Waals surface area contributed by atoms with Gasteiger partial charge in [0.15, 0.2) is 6.73 Å². The number of esters is 2. The largest absolute Gasteiger partial charge is 0.473 e. The standard InChI is InChI=1S/C22H19NO7/c1-3-28-20(24)13-4-7-15(8-5-13)23-11-17-18(29-12-23)9-6-14-10-16(21(25)27-2)22(26)30-19(14)17/h4-10H,3,11-12H2,1-2H3. The predicted molar refractivity (Wildman–Crippen MR) is 108 cm³/mol. The number of carbonyl (C=O) groups is 2. The molecule has 0 radical (unpaired) electrons. The second-order valence-electron chi connectivity index (χ2n) is 6.64. The SMILES string of the molecule is CCOC(=O)c1ccc(N2COc3ccc4cc(C(=O)OC)c(=O)oc4c3C2)cc1. The summed E-state index contributed by atoms with van der Waals surface area (Å²) in [6.45, 7) is 2.78. The van der Waals surface area contributed by atoms with Gasteiger partial charge in [-0.2, -0.15) is 0 Å². The van der Waals surface area contributed by atoms with Crippen LogP contribution in [0, 0.1) is 0 Å². The monoisotopic (exact) mass is 409 g/mol. The summed E-state index contributed by atoms with van der Waals surface area (Å²) in [6.07, 6.45) is 0. The Morgan fingerprint density at radius 2 is 1.87 bits per heavy atom. The lowest BCUT2D eigenvalue weighted by Crippen LogP contribution is -2.32. The fourth-order valence-electron chi connectivity index (χ4n) is 3.33. The Balaban J connectivity index is 1.67. The van der Waals surface area contributed by atoms with Gasteiger partial charge in [-0.15, -0.1) is 0 Å². The van der Waals surface area contributed by atoms with Gasteiger partial charge >= 0.3 is 17.6 Å². The third kappa shape index (κ3) is 3.47. The van der Waals surface area contributed by atoms with Crippen LogP contribution in [0.15, 0.2) is 51.7 Å². The van der Waals surface area contributed by atoms with Gasteiger partial charge in [0.05, 0.1) is 31.4 Å². The van der Waals surface area contributed by atoms with E-state index in [2.05, 4.69) is 4.74 Å². The zero-order valence-corrected chi connectivity index (χ0v) is 16.5. The minimum atomic E-state index is -0.765. The number of fused-ring (bicyclic) bond motifs is 3. The first-order valence-electron chi connectivity index (χ1n) is 9.34. The highest BCUT2D eigenvalue weighted by Gasteiger charge is 2.23. The smallest absolute Gasteiger partial charge is 0.351 e. The van der Waals surface area contributed by atoms with Crippen molar-refractivity contribution < 1.29 is 28.2 Å². The van der Waals surface area contributed by atoms with Crippen LogP contribution in [0.5, 0.6) is 5.75 Å². The molecule has 0 aliphatic carbocycles. The molecule has 0 fully saturated rings. The molecule has 30 heavy (non-hydrogen) atoms. The van der Waals surface area contributed by atoms with E-state index in [1.807, 2.05) is 4.90 Å². The van der Waals surface area contributed by atoms with Crippen molar-refractivity contribution in [2.75, 3.05) is 25.3 Å². The van der Waals surface area contributed by atoms with E-state index in [4.69, 9.17) is 13.9 Å². The minimum Gasteiger partial charge on any atom is -0.473 e. The highest BCUT2D eigenvalue weighted by molar-refractivity contribution is 5.94. The highest BCUT2D eigenvalue weighted by Crippen LogP contribution is 2.34. The summed E-state index contributed by atoms with van der Waals surface area (Å²) in [5.74, 6) is -0.516. The minimum absolute atomic E-state index is 0.159. The molecule has 0 amide bonds. The van der Waals surface area contributed by atoms with E-state index in [-0.39, 0.29) is 11.5 Å². The summed E-state index contributed by atoms with van der Waals surface area (Å²) < 4.78 is 20.9. The third-order valence-electron chi connectivity index (χ3n) is 4.84. The van der Waals surface area contributed by atoms with Crippen LogP contribution >= 0.6 is 0 Å². The van der Waals surface area contributed by atoms with Gasteiger partial charge in [0.25, 0.3) is 0 Å². The van der Waals surface area contributed by atoms with Crippen LogP contribution in [-0.2, 0) is 16.0 Å². The summed E-state index contributed by atoms with van der Waals surface area (Å²) in [4.78, 5) is 37.8. The number of anilines is 1. The Morgan fingerprint density at radius 1 is 1.10 bits per heavy atom. The first-order valence-corrected chi connectivity index (χ1v) is 9.34. The van der Waals surface area contributed by atoms with E-state index >= 15 is 0 Å². The van der Waals surface area contributed by atoms with Crippen molar-refractivity contribution in [3.05, 3.63) is 69.6 Å². The molecular formula is C22H19NO7. The Hall–Kier alpha value is -3.81. The van der Waals surface area contributed by atoms with E-state index < -0.39 is 11.6 Å². The second-order valence-corrected chi connectivity index (χ2v) is 6.64. The molecular weight excluding hydrogens is 390 g/mol. The molecule has 0 saturated heterocycles.